The zero-order valence-corrected chi connectivity index (χ0v) is 20.6. The van der Waals surface area contributed by atoms with Crippen molar-refractivity contribution >= 4 is 34.0 Å². The van der Waals surface area contributed by atoms with E-state index >= 15 is 0 Å². The monoisotopic (exact) mass is 506 g/mol. The Morgan fingerprint density at radius 3 is 2.59 bits per heavy atom. The van der Waals surface area contributed by atoms with E-state index in [1.54, 1.807) is 43.4 Å². The molecule has 1 amide bonds. The smallest absolute Gasteiger partial charge is 0.268 e. The van der Waals surface area contributed by atoms with Crippen LogP contribution in [0.4, 0.5) is 10.1 Å². The van der Waals surface area contributed by atoms with Crippen LogP contribution in [0.1, 0.15) is 18.4 Å². The average Bonchev–Trinajstić information content (AvgIpc) is 3.41. The number of benzene rings is 2. The second-order valence-electron chi connectivity index (χ2n) is 8.20. The van der Waals surface area contributed by atoms with Crippen LogP contribution < -0.4 is 10.6 Å². The van der Waals surface area contributed by atoms with Crippen molar-refractivity contribution in [1.82, 2.24) is 14.2 Å². The van der Waals surface area contributed by atoms with Crippen molar-refractivity contribution in [3.05, 3.63) is 72.2 Å². The van der Waals surface area contributed by atoms with E-state index in [1.165, 1.54) is 24.4 Å². The highest BCUT2D eigenvalue weighted by Gasteiger charge is 2.28. The van der Waals surface area contributed by atoms with Crippen molar-refractivity contribution in [3.8, 4) is 11.3 Å². The number of nitrogens with one attached hydrogen (secondary N) is 2. The van der Waals surface area contributed by atoms with E-state index in [0.717, 1.165) is 23.4 Å². The first-order valence-corrected chi connectivity index (χ1v) is 12.2. The first-order chi connectivity index (χ1) is 15.8. The first kappa shape index (κ1) is 25.9. The van der Waals surface area contributed by atoms with Gasteiger partial charge in [-0.3, -0.25) is 9.69 Å². The summed E-state index contributed by atoms with van der Waals surface area (Å²) < 4.78 is 42.9. The van der Waals surface area contributed by atoms with E-state index in [9.17, 15) is 17.6 Å². The number of aromatic nitrogens is 1. The van der Waals surface area contributed by atoms with Crippen molar-refractivity contribution in [2.45, 2.75) is 30.3 Å². The fraction of sp³-hybridized carbons (Fsp3) is 0.292. The van der Waals surface area contributed by atoms with E-state index in [-0.39, 0.29) is 40.5 Å². The average molecular weight is 507 g/mol. The van der Waals surface area contributed by atoms with Gasteiger partial charge in [0.05, 0.1) is 16.6 Å². The Balaban J connectivity index is 0.00000324. The molecule has 10 heteroatoms. The van der Waals surface area contributed by atoms with Crippen LogP contribution in [0.25, 0.3) is 11.3 Å². The molecule has 1 aliphatic rings. The summed E-state index contributed by atoms with van der Waals surface area (Å²) in [7, 11) is -0.407. The van der Waals surface area contributed by atoms with Crippen LogP contribution in [0.2, 0.25) is 0 Å². The maximum absolute atomic E-state index is 14.6. The Hall–Kier alpha value is -2.72. The lowest BCUT2D eigenvalue weighted by Gasteiger charge is -2.19. The molecule has 1 unspecified atom stereocenters. The van der Waals surface area contributed by atoms with Crippen LogP contribution >= 0.6 is 12.4 Å². The molecular weight excluding hydrogens is 479 g/mol. The van der Waals surface area contributed by atoms with E-state index in [1.807, 2.05) is 11.9 Å². The summed E-state index contributed by atoms with van der Waals surface area (Å²) in [5.74, 6) is -0.668. The van der Waals surface area contributed by atoms with Crippen molar-refractivity contribution in [2.24, 2.45) is 0 Å². The summed E-state index contributed by atoms with van der Waals surface area (Å²) in [5, 5.41) is 5.82. The normalized spacial score (nSPS) is 16.3. The Morgan fingerprint density at radius 2 is 1.91 bits per heavy atom. The minimum Gasteiger partial charge on any atom is -0.325 e. The minimum absolute atomic E-state index is 0. The van der Waals surface area contributed by atoms with Crippen LogP contribution in [-0.2, 0) is 21.4 Å². The Labute approximate surface area is 205 Å². The summed E-state index contributed by atoms with van der Waals surface area (Å²) in [5.41, 5.74) is 1.53. The molecule has 1 fully saturated rings. The van der Waals surface area contributed by atoms with E-state index in [4.69, 9.17) is 0 Å². The predicted octanol–water partition coefficient (Wildman–Crippen LogP) is 3.71. The van der Waals surface area contributed by atoms with Gasteiger partial charge < -0.3 is 10.6 Å². The quantitative estimate of drug-likeness (QED) is 0.510. The Morgan fingerprint density at radius 1 is 1.15 bits per heavy atom. The van der Waals surface area contributed by atoms with Crippen LogP contribution in [0, 0.1) is 5.82 Å². The third-order valence-electron chi connectivity index (χ3n) is 5.85. The molecule has 3 aromatic rings. The maximum Gasteiger partial charge on any atom is 0.268 e. The van der Waals surface area contributed by atoms with E-state index < -0.39 is 15.8 Å². The van der Waals surface area contributed by atoms with Gasteiger partial charge in [-0.1, -0.05) is 18.2 Å². The second kappa shape index (κ2) is 10.7. The van der Waals surface area contributed by atoms with Crippen molar-refractivity contribution in [2.75, 3.05) is 26.0 Å². The molecule has 7 nitrogen and oxygen atoms in total. The van der Waals surface area contributed by atoms with Gasteiger partial charge in [-0.25, -0.2) is 16.8 Å². The molecular formula is C24H28ClFN4O3S. The Bertz CT molecular complexity index is 1280. The lowest BCUT2D eigenvalue weighted by Crippen LogP contribution is -2.37. The first-order valence-electron chi connectivity index (χ1n) is 10.8. The van der Waals surface area contributed by atoms with Crippen molar-refractivity contribution in [3.63, 3.8) is 0 Å². The van der Waals surface area contributed by atoms with Crippen LogP contribution in [0.3, 0.4) is 0 Å². The third kappa shape index (κ3) is 5.17. The molecule has 1 atom stereocenters. The fourth-order valence-electron chi connectivity index (χ4n) is 4.18. The molecule has 0 aliphatic carbocycles. The fourth-order valence-corrected chi connectivity index (χ4v) is 5.61. The van der Waals surface area contributed by atoms with Gasteiger partial charge in [-0.2, -0.15) is 0 Å². The topological polar surface area (TPSA) is 83.4 Å². The number of likely N-dealkylation sites (tertiary alicyclic amines) is 1. The van der Waals surface area contributed by atoms with Gasteiger partial charge in [-0.05, 0) is 75.4 Å². The number of hydrogen-bond donors (Lipinski definition) is 2. The van der Waals surface area contributed by atoms with E-state index in [2.05, 4.69) is 10.6 Å². The van der Waals surface area contributed by atoms with Gasteiger partial charge in [0.1, 0.15) is 5.82 Å². The zero-order valence-electron chi connectivity index (χ0n) is 19.0. The molecule has 182 valence electrons. The van der Waals surface area contributed by atoms with Gasteiger partial charge in [-0.15, -0.1) is 12.4 Å². The van der Waals surface area contributed by atoms with Crippen LogP contribution in [0.15, 0.2) is 65.7 Å². The highest BCUT2D eigenvalue weighted by atomic mass is 35.5. The van der Waals surface area contributed by atoms with Gasteiger partial charge in [0.2, 0.25) is 5.91 Å². The summed E-state index contributed by atoms with van der Waals surface area (Å²) >= 11 is 0. The van der Waals surface area contributed by atoms with Gasteiger partial charge in [0.25, 0.3) is 10.0 Å². The lowest BCUT2D eigenvalue weighted by molar-refractivity contribution is -0.119. The molecule has 0 radical (unpaired) electrons. The molecule has 2 aromatic carbocycles. The summed E-state index contributed by atoms with van der Waals surface area (Å²) in [4.78, 5) is 14.6. The number of carbonyl (C=O) groups excluding carboxylic acids is 1. The minimum atomic E-state index is -4.06. The van der Waals surface area contributed by atoms with Crippen LogP contribution in [-0.4, -0.2) is 49.9 Å². The second-order valence-corrected chi connectivity index (χ2v) is 10.0. The van der Waals surface area contributed by atoms with Gasteiger partial charge in [0.15, 0.2) is 0 Å². The molecule has 0 bridgehead atoms. The number of nitrogens with zero attached hydrogens (tertiary/aromatic N) is 2. The summed E-state index contributed by atoms with van der Waals surface area (Å²) in [6.07, 6.45) is 3.21. The number of likely N-dealkylation sites (N-methyl/N-ethyl adjacent to an activating group) is 1. The van der Waals surface area contributed by atoms with Gasteiger partial charge >= 0.3 is 0 Å². The number of rotatable bonds is 7. The largest absolute Gasteiger partial charge is 0.325 e. The number of amides is 1. The number of anilines is 1. The summed E-state index contributed by atoms with van der Waals surface area (Å²) in [6.45, 7) is 1.28. The zero-order chi connectivity index (χ0) is 23.6. The highest BCUT2D eigenvalue weighted by Crippen LogP contribution is 2.30. The molecule has 34 heavy (non-hydrogen) atoms. The number of halogens is 2. The van der Waals surface area contributed by atoms with E-state index in [0.29, 0.717) is 17.8 Å². The molecule has 1 saturated heterocycles. The molecule has 4 rings (SSSR count). The van der Waals surface area contributed by atoms with Crippen molar-refractivity contribution in [1.29, 1.82) is 0 Å². The molecule has 2 heterocycles. The standard InChI is InChI=1S/C24H27FN4O3S.ClH/c1-26-15-17-13-23(20-9-3-4-10-21(20)25)29(16-17)33(31,32)19-8-5-7-18(14-19)27-24(30)22-11-6-12-28(22)2;/h3-5,7-10,13-14,16,22,26H,6,11-12,15H2,1-2H3,(H,27,30);1H. The van der Waals surface area contributed by atoms with Crippen molar-refractivity contribution < 1.29 is 17.6 Å². The lowest BCUT2D eigenvalue weighted by atomic mass is 10.1. The molecule has 0 spiro atoms. The molecule has 1 aliphatic heterocycles. The maximum atomic E-state index is 14.6. The molecule has 1 aromatic heterocycles. The Kier molecular flexibility index (Phi) is 8.14. The SMILES string of the molecule is CNCc1cc(-c2ccccc2F)n(S(=O)(=O)c2cccc(NC(=O)C3CCCN3C)c2)c1.Cl. The molecule has 2 N–H and O–H groups in total. The highest BCUT2D eigenvalue weighted by molar-refractivity contribution is 7.90. The van der Waals surface area contributed by atoms with Crippen LogP contribution in [0.5, 0.6) is 0 Å². The third-order valence-corrected chi connectivity index (χ3v) is 7.52. The summed E-state index contributed by atoms with van der Waals surface area (Å²) in [6, 6.07) is 13.6. The number of hydrogen-bond acceptors (Lipinski definition) is 5. The van der Waals surface area contributed by atoms with Gasteiger partial charge in [0, 0.05) is 24.0 Å². The molecule has 0 saturated carbocycles. The predicted molar refractivity (Wildman–Crippen MR) is 133 cm³/mol. The number of carbonyl (C=O) groups is 1.